The van der Waals surface area contributed by atoms with Gasteiger partial charge < -0.3 is 15.0 Å². The molecule has 1 aromatic carbocycles. The molecule has 0 saturated carbocycles. The van der Waals surface area contributed by atoms with Crippen molar-refractivity contribution >= 4 is 23.5 Å². The van der Waals surface area contributed by atoms with Gasteiger partial charge in [-0.15, -0.1) is 0 Å². The summed E-state index contributed by atoms with van der Waals surface area (Å²) in [5.74, 6) is -0.0906. The number of carbonyl (C=O) groups is 3. The van der Waals surface area contributed by atoms with E-state index >= 15 is 0 Å². The smallest absolute Gasteiger partial charge is 0.303 e. The summed E-state index contributed by atoms with van der Waals surface area (Å²) in [6.07, 6.45) is 2.85. The first-order valence-corrected chi connectivity index (χ1v) is 8.21. The molecule has 1 aliphatic heterocycles. The van der Waals surface area contributed by atoms with Gasteiger partial charge in [-0.05, 0) is 42.9 Å². The lowest BCUT2D eigenvalue weighted by Crippen LogP contribution is -2.41. The Balaban J connectivity index is 1.77. The molecule has 0 spiro atoms. The number of hydrogen-bond acceptors (Lipinski definition) is 4. The van der Waals surface area contributed by atoms with E-state index in [1.807, 2.05) is 24.3 Å². The van der Waals surface area contributed by atoms with Crippen LogP contribution < -0.4 is 5.32 Å². The second-order valence-corrected chi connectivity index (χ2v) is 6.19. The minimum atomic E-state index is -0.430. The van der Waals surface area contributed by atoms with Crippen LogP contribution in [0.2, 0.25) is 0 Å². The zero-order valence-electron chi connectivity index (χ0n) is 14.2. The van der Waals surface area contributed by atoms with E-state index in [2.05, 4.69) is 5.32 Å². The Hall–Kier alpha value is -2.37. The molecule has 6 nitrogen and oxygen atoms in total. The molecule has 1 fully saturated rings. The van der Waals surface area contributed by atoms with Gasteiger partial charge in [-0.25, -0.2) is 0 Å². The van der Waals surface area contributed by atoms with Gasteiger partial charge in [0.25, 0.3) is 5.91 Å². The Morgan fingerprint density at radius 2 is 1.75 bits per heavy atom. The molecule has 0 radical (unpaired) electrons. The van der Waals surface area contributed by atoms with E-state index in [-0.39, 0.29) is 18.4 Å². The molecule has 0 aliphatic carbocycles. The molecule has 0 atom stereocenters. The van der Waals surface area contributed by atoms with E-state index in [0.717, 1.165) is 24.9 Å². The Labute approximate surface area is 142 Å². The summed E-state index contributed by atoms with van der Waals surface area (Å²) in [6, 6.07) is 7.88. The zero-order valence-corrected chi connectivity index (χ0v) is 14.2. The number of likely N-dealkylation sites (tertiary alicyclic amines) is 1. The van der Waals surface area contributed by atoms with Gasteiger partial charge in [-0.1, -0.05) is 12.1 Å². The standard InChI is InChI=1S/C18H24N2O4/c1-13(21)19-17-5-3-15(4-6-17)11-16-7-9-20(10-8-16)18(23)12-24-14(2)22/h3-6,16H,7-12H2,1-2H3,(H,19,21). The summed E-state index contributed by atoms with van der Waals surface area (Å²) in [7, 11) is 0. The number of amides is 2. The molecule has 0 unspecified atom stereocenters. The number of ether oxygens (including phenoxy) is 1. The van der Waals surface area contributed by atoms with Crippen LogP contribution in [0.5, 0.6) is 0 Å². The molecule has 0 bridgehead atoms. The van der Waals surface area contributed by atoms with Crippen LogP contribution in [0, 0.1) is 5.92 Å². The molecule has 1 aliphatic rings. The largest absolute Gasteiger partial charge is 0.456 e. The predicted octanol–water partition coefficient (Wildman–Crippen LogP) is 1.99. The van der Waals surface area contributed by atoms with Crippen molar-refractivity contribution in [1.82, 2.24) is 4.90 Å². The van der Waals surface area contributed by atoms with Crippen LogP contribution in [-0.2, 0) is 25.5 Å². The Kier molecular flexibility index (Phi) is 6.35. The van der Waals surface area contributed by atoms with E-state index in [1.165, 1.54) is 19.4 Å². The molecule has 1 heterocycles. The molecule has 1 saturated heterocycles. The lowest BCUT2D eigenvalue weighted by atomic mass is 9.90. The zero-order chi connectivity index (χ0) is 17.5. The average molecular weight is 332 g/mol. The number of hydrogen-bond donors (Lipinski definition) is 1. The predicted molar refractivity (Wildman–Crippen MR) is 90.4 cm³/mol. The minimum Gasteiger partial charge on any atom is -0.456 e. The van der Waals surface area contributed by atoms with Crippen molar-refractivity contribution in [3.8, 4) is 0 Å². The fraction of sp³-hybridized carbons (Fsp3) is 0.500. The maximum absolute atomic E-state index is 11.9. The van der Waals surface area contributed by atoms with E-state index in [9.17, 15) is 14.4 Å². The van der Waals surface area contributed by atoms with Gasteiger partial charge in [-0.2, -0.15) is 0 Å². The lowest BCUT2D eigenvalue weighted by Gasteiger charge is -2.32. The molecule has 2 rings (SSSR count). The van der Waals surface area contributed by atoms with E-state index in [4.69, 9.17) is 4.74 Å². The number of piperidine rings is 1. The van der Waals surface area contributed by atoms with Crippen LogP contribution in [-0.4, -0.2) is 42.4 Å². The van der Waals surface area contributed by atoms with E-state index < -0.39 is 5.97 Å². The molecule has 0 aromatic heterocycles. The van der Waals surface area contributed by atoms with Crippen molar-refractivity contribution in [2.45, 2.75) is 33.1 Å². The van der Waals surface area contributed by atoms with Gasteiger partial charge in [0.05, 0.1) is 0 Å². The van der Waals surface area contributed by atoms with Crippen LogP contribution in [0.15, 0.2) is 24.3 Å². The number of esters is 1. The topological polar surface area (TPSA) is 75.7 Å². The summed E-state index contributed by atoms with van der Waals surface area (Å²) in [5.41, 5.74) is 2.03. The second kappa shape index (κ2) is 8.47. The maximum Gasteiger partial charge on any atom is 0.303 e. The van der Waals surface area contributed by atoms with Crippen molar-refractivity contribution < 1.29 is 19.1 Å². The summed E-state index contributed by atoms with van der Waals surface area (Å²) in [4.78, 5) is 35.4. The third-order valence-corrected chi connectivity index (χ3v) is 4.16. The Bertz CT molecular complexity index is 590. The highest BCUT2D eigenvalue weighted by molar-refractivity contribution is 5.88. The number of carbonyl (C=O) groups excluding carboxylic acids is 3. The molecular formula is C18H24N2O4. The molecule has 1 aromatic rings. The van der Waals surface area contributed by atoms with Gasteiger partial charge in [0.15, 0.2) is 6.61 Å². The highest BCUT2D eigenvalue weighted by Gasteiger charge is 2.23. The fourth-order valence-corrected chi connectivity index (χ4v) is 2.90. The summed E-state index contributed by atoms with van der Waals surface area (Å²) >= 11 is 0. The highest BCUT2D eigenvalue weighted by atomic mass is 16.5. The lowest BCUT2D eigenvalue weighted by molar-refractivity contribution is -0.150. The number of anilines is 1. The average Bonchev–Trinajstić information content (AvgIpc) is 2.54. The first-order valence-electron chi connectivity index (χ1n) is 8.21. The monoisotopic (exact) mass is 332 g/mol. The van der Waals surface area contributed by atoms with Crippen LogP contribution in [0.1, 0.15) is 32.3 Å². The number of benzene rings is 1. The molecule has 1 N–H and O–H groups in total. The van der Waals surface area contributed by atoms with E-state index in [0.29, 0.717) is 19.0 Å². The summed E-state index contributed by atoms with van der Waals surface area (Å²) in [5, 5.41) is 2.75. The van der Waals surface area contributed by atoms with Crippen molar-refractivity contribution in [3.05, 3.63) is 29.8 Å². The Morgan fingerprint density at radius 1 is 1.12 bits per heavy atom. The minimum absolute atomic E-state index is 0.0754. The maximum atomic E-state index is 11.9. The van der Waals surface area contributed by atoms with Gasteiger partial charge in [-0.3, -0.25) is 14.4 Å². The quantitative estimate of drug-likeness (QED) is 0.837. The third kappa shape index (κ3) is 5.68. The fourth-order valence-electron chi connectivity index (χ4n) is 2.90. The van der Waals surface area contributed by atoms with Crippen LogP contribution >= 0.6 is 0 Å². The normalized spacial score (nSPS) is 15.0. The van der Waals surface area contributed by atoms with Crippen LogP contribution in [0.25, 0.3) is 0 Å². The first kappa shape index (κ1) is 18.0. The number of nitrogens with one attached hydrogen (secondary N) is 1. The first-order chi connectivity index (χ1) is 11.4. The molecule has 130 valence electrons. The van der Waals surface area contributed by atoms with Gasteiger partial charge >= 0.3 is 5.97 Å². The summed E-state index contributed by atoms with van der Waals surface area (Å²) < 4.78 is 4.76. The molecule has 24 heavy (non-hydrogen) atoms. The van der Waals surface area contributed by atoms with E-state index in [1.54, 1.807) is 4.90 Å². The Morgan fingerprint density at radius 3 is 2.29 bits per heavy atom. The second-order valence-electron chi connectivity index (χ2n) is 6.19. The van der Waals surface area contributed by atoms with Crippen molar-refractivity contribution in [2.24, 2.45) is 5.92 Å². The number of rotatable bonds is 5. The van der Waals surface area contributed by atoms with Gasteiger partial charge in [0, 0.05) is 32.6 Å². The third-order valence-electron chi connectivity index (χ3n) is 4.16. The van der Waals surface area contributed by atoms with Gasteiger partial charge in [0.1, 0.15) is 0 Å². The van der Waals surface area contributed by atoms with Crippen molar-refractivity contribution in [2.75, 3.05) is 25.0 Å². The SMILES string of the molecule is CC(=O)Nc1ccc(CC2CCN(C(=O)COC(C)=O)CC2)cc1. The molecule has 2 amide bonds. The highest BCUT2D eigenvalue weighted by Crippen LogP contribution is 2.22. The number of nitrogens with zero attached hydrogens (tertiary/aromatic N) is 1. The van der Waals surface area contributed by atoms with Crippen LogP contribution in [0.3, 0.4) is 0 Å². The summed E-state index contributed by atoms with van der Waals surface area (Å²) in [6.45, 7) is 4.04. The van der Waals surface area contributed by atoms with Gasteiger partial charge in [0.2, 0.25) is 5.91 Å². The van der Waals surface area contributed by atoms with Crippen molar-refractivity contribution in [3.63, 3.8) is 0 Å². The molecule has 6 heteroatoms. The van der Waals surface area contributed by atoms with Crippen LogP contribution in [0.4, 0.5) is 5.69 Å². The molecular weight excluding hydrogens is 308 g/mol. The van der Waals surface area contributed by atoms with Crippen molar-refractivity contribution in [1.29, 1.82) is 0 Å².